The van der Waals surface area contributed by atoms with Gasteiger partial charge in [0.25, 0.3) is 0 Å². The van der Waals surface area contributed by atoms with E-state index in [1.54, 1.807) is 39.3 Å². The Hall–Kier alpha value is -3.52. The van der Waals surface area contributed by atoms with Crippen molar-refractivity contribution in [3.05, 3.63) is 136 Å². The molecule has 9 aliphatic rings. The number of anilines is 1. The van der Waals surface area contributed by atoms with Gasteiger partial charge in [-0.1, -0.05) is 95.7 Å². The molecule has 2 heterocycles. The first-order chi connectivity index (χ1) is 24.8. The predicted octanol–water partition coefficient (Wildman–Crippen LogP) is 11.9. The Balaban J connectivity index is 0.922. The van der Waals surface area contributed by atoms with E-state index in [4.69, 9.17) is 0 Å². The molecule has 1 aromatic carbocycles. The van der Waals surface area contributed by atoms with Gasteiger partial charge in [0.15, 0.2) is 0 Å². The van der Waals surface area contributed by atoms with Crippen LogP contribution in [0.25, 0.3) is 0 Å². The number of benzene rings is 1. The van der Waals surface area contributed by atoms with Crippen molar-refractivity contribution in [1.29, 1.82) is 0 Å². The summed E-state index contributed by atoms with van der Waals surface area (Å²) < 4.78 is 0. The van der Waals surface area contributed by atoms with Gasteiger partial charge in [-0.3, -0.25) is 0 Å². The fraction of sp³-hybridized carbons (Fsp3) is 0.500. The summed E-state index contributed by atoms with van der Waals surface area (Å²) in [7, 11) is 0. The molecule has 1 saturated carbocycles. The van der Waals surface area contributed by atoms with Gasteiger partial charge in [0.05, 0.1) is 6.04 Å². The lowest BCUT2D eigenvalue weighted by Gasteiger charge is -2.41. The highest BCUT2D eigenvalue weighted by atomic mass is 15.2. The van der Waals surface area contributed by atoms with Gasteiger partial charge in [0, 0.05) is 41.0 Å². The summed E-state index contributed by atoms with van der Waals surface area (Å²) >= 11 is 0. The number of hydrogen-bond donors (Lipinski definition) is 0. The lowest BCUT2D eigenvalue weighted by molar-refractivity contribution is 0.209. The number of fused-ring (bicyclic) bond motifs is 4. The van der Waals surface area contributed by atoms with Crippen molar-refractivity contribution in [3.63, 3.8) is 0 Å². The van der Waals surface area contributed by atoms with Crippen molar-refractivity contribution in [2.24, 2.45) is 29.6 Å². The summed E-state index contributed by atoms with van der Waals surface area (Å²) in [5, 5.41) is 0. The second-order valence-corrected chi connectivity index (χ2v) is 17.0. The van der Waals surface area contributed by atoms with Crippen molar-refractivity contribution in [2.75, 3.05) is 4.90 Å². The van der Waals surface area contributed by atoms with Crippen molar-refractivity contribution >= 4 is 5.69 Å². The van der Waals surface area contributed by atoms with Crippen molar-refractivity contribution in [3.8, 4) is 0 Å². The number of rotatable bonds is 5. The maximum atomic E-state index is 2.86. The first-order valence-electron chi connectivity index (χ1n) is 20.7. The molecule has 1 aromatic rings. The number of nitrogens with zero attached hydrogens (tertiary/aromatic N) is 2. The van der Waals surface area contributed by atoms with Crippen LogP contribution in [0.15, 0.2) is 136 Å². The molecule has 0 spiro atoms. The molecule has 8 unspecified atom stereocenters. The second-order valence-electron chi connectivity index (χ2n) is 17.0. The molecule has 0 amide bonds. The van der Waals surface area contributed by atoms with Crippen LogP contribution in [0.2, 0.25) is 0 Å². The minimum absolute atomic E-state index is 0.523. The summed E-state index contributed by atoms with van der Waals surface area (Å²) in [6.07, 6.45) is 48.5. The molecule has 0 saturated heterocycles. The second kappa shape index (κ2) is 13.2. The number of allylic oxidation sites excluding steroid dienone is 13. The smallest absolute Gasteiger partial charge is 0.0546 e. The zero-order valence-corrected chi connectivity index (χ0v) is 30.1. The Morgan fingerprint density at radius 1 is 0.660 bits per heavy atom. The predicted molar refractivity (Wildman–Crippen MR) is 208 cm³/mol. The molecule has 7 aliphatic carbocycles. The Bertz CT molecular complexity index is 1770. The Labute approximate surface area is 301 Å². The lowest BCUT2D eigenvalue weighted by atomic mass is 9.70. The normalized spacial score (nSPS) is 36.1. The number of hydrogen-bond acceptors (Lipinski definition) is 2. The molecule has 258 valence electrons. The monoisotopic (exact) mass is 660 g/mol. The summed E-state index contributed by atoms with van der Waals surface area (Å²) in [6, 6.07) is 13.1. The van der Waals surface area contributed by atoms with Crippen molar-refractivity contribution in [2.45, 2.75) is 121 Å². The molecule has 2 nitrogen and oxygen atoms in total. The van der Waals surface area contributed by atoms with Crippen LogP contribution in [0.5, 0.6) is 0 Å². The maximum absolute atomic E-state index is 2.86. The van der Waals surface area contributed by atoms with Gasteiger partial charge >= 0.3 is 0 Å². The SMILES string of the molecule is C1=CCCC(C2C=CC(N3C4=C(CCC=C4)C4CC(C5=CC6=C(CC5)N(c5ccccc5)C5CC(C7=CCCCC7)CCC65)C=CC43)CC2)=C1. The largest absolute Gasteiger partial charge is 0.358 e. The van der Waals surface area contributed by atoms with Gasteiger partial charge in [0.2, 0.25) is 0 Å². The molecule has 0 radical (unpaired) electrons. The Kier molecular flexibility index (Phi) is 8.26. The highest BCUT2D eigenvalue weighted by Gasteiger charge is 2.47. The van der Waals surface area contributed by atoms with Crippen LogP contribution in [-0.4, -0.2) is 23.0 Å². The molecular formula is C48H56N2. The summed E-state index contributed by atoms with van der Waals surface area (Å²) in [4.78, 5) is 5.69. The third-order valence-electron chi connectivity index (χ3n) is 14.4. The topological polar surface area (TPSA) is 6.48 Å². The molecule has 50 heavy (non-hydrogen) atoms. The molecule has 10 rings (SSSR count). The van der Waals surface area contributed by atoms with Crippen LogP contribution in [0, 0.1) is 29.6 Å². The first-order valence-corrected chi connectivity index (χ1v) is 20.7. The van der Waals surface area contributed by atoms with Gasteiger partial charge < -0.3 is 9.80 Å². The lowest BCUT2D eigenvalue weighted by Crippen LogP contribution is -2.42. The van der Waals surface area contributed by atoms with Gasteiger partial charge in [-0.05, 0) is 150 Å². The quantitative estimate of drug-likeness (QED) is 0.290. The van der Waals surface area contributed by atoms with Crippen LogP contribution in [0.1, 0.15) is 103 Å². The van der Waals surface area contributed by atoms with Crippen LogP contribution in [0.3, 0.4) is 0 Å². The summed E-state index contributed by atoms with van der Waals surface area (Å²) in [5.74, 6) is 3.35. The molecule has 8 atom stereocenters. The van der Waals surface area contributed by atoms with E-state index in [1.807, 2.05) is 0 Å². The summed E-state index contributed by atoms with van der Waals surface area (Å²) in [6.45, 7) is 0. The van der Waals surface area contributed by atoms with E-state index in [2.05, 4.69) is 107 Å². The highest BCUT2D eigenvalue weighted by Crippen LogP contribution is 2.54. The van der Waals surface area contributed by atoms with Gasteiger partial charge in [-0.25, -0.2) is 0 Å². The highest BCUT2D eigenvalue weighted by molar-refractivity contribution is 5.61. The van der Waals surface area contributed by atoms with E-state index in [0.717, 1.165) is 5.92 Å². The third kappa shape index (κ3) is 5.43. The van der Waals surface area contributed by atoms with Gasteiger partial charge in [0.1, 0.15) is 0 Å². The van der Waals surface area contributed by atoms with Crippen LogP contribution >= 0.6 is 0 Å². The van der Waals surface area contributed by atoms with E-state index in [-0.39, 0.29) is 0 Å². The molecule has 0 aromatic heterocycles. The van der Waals surface area contributed by atoms with Crippen LogP contribution in [-0.2, 0) is 0 Å². The fourth-order valence-corrected chi connectivity index (χ4v) is 12.1. The minimum Gasteiger partial charge on any atom is -0.358 e. The standard InChI is InChI=1S/C48H56N2/c1-4-12-33(13-5-1)35-20-25-40(26-21-35)49-45-19-11-10-18-41(45)43-30-36(23-28-46(43)49)37-24-29-47-44(31-37)42-27-22-38(34-14-6-2-7-15-34)32-48(42)50(47)39-16-8-3-9-17-39/h1,3-4,8-9,11-12,14,16-17,19-20,23,25,28,31,35-36,38,40,42-43,46,48H,2,5-7,10,13,15,18,21-22,24,26-27,29-30,32H2. The Morgan fingerprint density at radius 2 is 1.58 bits per heavy atom. The fourth-order valence-electron chi connectivity index (χ4n) is 12.1. The van der Waals surface area contributed by atoms with Crippen molar-refractivity contribution in [1.82, 2.24) is 4.90 Å². The van der Waals surface area contributed by atoms with E-state index < -0.39 is 0 Å². The van der Waals surface area contributed by atoms with E-state index >= 15 is 0 Å². The molecule has 0 bridgehead atoms. The Morgan fingerprint density at radius 3 is 2.42 bits per heavy atom. The first kappa shape index (κ1) is 31.2. The van der Waals surface area contributed by atoms with Gasteiger partial charge in [-0.15, -0.1) is 0 Å². The molecule has 2 heteroatoms. The van der Waals surface area contributed by atoms with Crippen LogP contribution < -0.4 is 4.90 Å². The van der Waals surface area contributed by atoms with Gasteiger partial charge in [-0.2, -0.15) is 0 Å². The van der Waals surface area contributed by atoms with E-state index in [0.29, 0.717) is 41.8 Å². The van der Waals surface area contributed by atoms with E-state index in [9.17, 15) is 0 Å². The maximum Gasteiger partial charge on any atom is 0.0546 e. The molecular weight excluding hydrogens is 605 g/mol. The third-order valence-corrected chi connectivity index (χ3v) is 14.4. The molecule has 0 N–H and O–H groups in total. The molecule has 2 aliphatic heterocycles. The summed E-state index contributed by atoms with van der Waals surface area (Å²) in [5.41, 5.74) is 13.3. The van der Waals surface area contributed by atoms with Crippen molar-refractivity contribution < 1.29 is 0 Å². The number of para-hydroxylation sites is 1. The molecule has 1 fully saturated rings. The average Bonchev–Trinajstić information content (AvgIpc) is 3.70. The zero-order valence-electron chi connectivity index (χ0n) is 30.1. The average molecular weight is 661 g/mol. The van der Waals surface area contributed by atoms with E-state index in [1.165, 1.54) is 108 Å². The minimum atomic E-state index is 0.523. The van der Waals surface area contributed by atoms with Crippen LogP contribution in [0.4, 0.5) is 5.69 Å². The zero-order chi connectivity index (χ0) is 33.0.